The van der Waals surface area contributed by atoms with E-state index in [0.717, 1.165) is 26.2 Å². The quantitative estimate of drug-likeness (QED) is 0.602. The second kappa shape index (κ2) is 11.2. The smallest absolute Gasteiger partial charge is 0.0727 e. The molecule has 1 aromatic heterocycles. The number of thiophene rings is 1. The molecule has 4 nitrogen and oxygen atoms in total. The van der Waals surface area contributed by atoms with Gasteiger partial charge in [-0.3, -0.25) is 0 Å². The largest absolute Gasteiger partial charge is 0.382 e. The molecule has 122 valence electrons. The lowest BCUT2D eigenvalue weighted by Crippen LogP contribution is -2.21. The van der Waals surface area contributed by atoms with Crippen LogP contribution in [-0.4, -0.2) is 39.6 Å². The Morgan fingerprint density at radius 2 is 1.90 bits per heavy atom. The molecule has 1 heterocycles. The van der Waals surface area contributed by atoms with Crippen LogP contribution in [0.2, 0.25) is 0 Å². The van der Waals surface area contributed by atoms with Crippen molar-refractivity contribution in [3.05, 3.63) is 21.4 Å². The van der Waals surface area contributed by atoms with Crippen LogP contribution < -0.4 is 5.32 Å². The number of nitrogens with one attached hydrogen (secondary N) is 1. The van der Waals surface area contributed by atoms with Gasteiger partial charge in [-0.25, -0.2) is 0 Å². The van der Waals surface area contributed by atoms with E-state index in [1.54, 1.807) is 7.11 Å². The lowest BCUT2D eigenvalue weighted by atomic mass is 10.2. The molecule has 0 aliphatic rings. The van der Waals surface area contributed by atoms with Crippen molar-refractivity contribution in [1.82, 2.24) is 5.32 Å². The van der Waals surface area contributed by atoms with Crippen LogP contribution in [0.3, 0.4) is 0 Å². The maximum atomic E-state index is 5.72. The molecule has 21 heavy (non-hydrogen) atoms. The molecule has 0 amide bonds. The van der Waals surface area contributed by atoms with Gasteiger partial charge in [0.2, 0.25) is 0 Å². The monoisotopic (exact) mass is 315 g/mol. The first-order valence-corrected chi connectivity index (χ1v) is 8.41. The van der Waals surface area contributed by atoms with Crippen molar-refractivity contribution < 1.29 is 14.2 Å². The summed E-state index contributed by atoms with van der Waals surface area (Å²) in [5, 5.41) is 3.45. The molecule has 0 aliphatic heterocycles. The highest BCUT2D eigenvalue weighted by atomic mass is 32.1. The fraction of sp³-hybridized carbons (Fsp3) is 0.750. The number of rotatable bonds is 12. The summed E-state index contributed by atoms with van der Waals surface area (Å²) in [5.74, 6) is 0. The van der Waals surface area contributed by atoms with Crippen LogP contribution in [0.25, 0.3) is 0 Å². The second-order valence-electron chi connectivity index (χ2n) is 5.34. The molecule has 0 fully saturated rings. The van der Waals surface area contributed by atoms with Gasteiger partial charge in [0.15, 0.2) is 0 Å². The fourth-order valence-electron chi connectivity index (χ4n) is 1.81. The summed E-state index contributed by atoms with van der Waals surface area (Å²) in [5.41, 5.74) is 1.31. The van der Waals surface area contributed by atoms with Gasteiger partial charge in [-0.15, -0.1) is 11.3 Å². The summed E-state index contributed by atoms with van der Waals surface area (Å²) in [4.78, 5) is 2.73. The topological polar surface area (TPSA) is 39.7 Å². The summed E-state index contributed by atoms with van der Waals surface area (Å²) in [6, 6.07) is 2.77. The van der Waals surface area contributed by atoms with Crippen molar-refractivity contribution in [2.45, 2.75) is 46.4 Å². The maximum Gasteiger partial charge on any atom is 0.0727 e. The zero-order valence-corrected chi connectivity index (χ0v) is 14.6. The Balaban J connectivity index is 2.14. The maximum absolute atomic E-state index is 5.72. The summed E-state index contributed by atoms with van der Waals surface area (Å²) >= 11 is 1.85. The average molecular weight is 315 g/mol. The van der Waals surface area contributed by atoms with Gasteiger partial charge in [0, 0.05) is 42.7 Å². The van der Waals surface area contributed by atoms with Crippen LogP contribution in [0.1, 0.15) is 35.6 Å². The Morgan fingerprint density at radius 3 is 2.62 bits per heavy atom. The molecule has 0 aliphatic carbocycles. The molecule has 1 aromatic rings. The molecular weight excluding hydrogens is 286 g/mol. The molecule has 1 N–H and O–H groups in total. The van der Waals surface area contributed by atoms with Gasteiger partial charge in [0.1, 0.15) is 0 Å². The number of methoxy groups -OCH3 is 1. The van der Waals surface area contributed by atoms with E-state index >= 15 is 0 Å². The SMILES string of the molecule is COCCOCCCOCc1cc(CNC(C)C)sc1C. The van der Waals surface area contributed by atoms with Crippen molar-refractivity contribution >= 4 is 11.3 Å². The van der Waals surface area contributed by atoms with E-state index in [2.05, 4.69) is 32.2 Å². The van der Waals surface area contributed by atoms with E-state index in [-0.39, 0.29) is 0 Å². The Bertz CT molecular complexity index is 380. The standard InChI is InChI=1S/C16H29NO3S/c1-13(2)17-11-16-10-15(14(3)21-16)12-20-7-5-6-19-9-8-18-4/h10,13,17H,5-9,11-12H2,1-4H3. The predicted molar refractivity (Wildman–Crippen MR) is 88.0 cm³/mol. The molecule has 1 rings (SSSR count). The number of aryl methyl sites for hydroxylation is 1. The molecule has 0 aromatic carbocycles. The van der Waals surface area contributed by atoms with E-state index in [9.17, 15) is 0 Å². The van der Waals surface area contributed by atoms with E-state index in [0.29, 0.717) is 25.9 Å². The Labute approximate surface area is 132 Å². The highest BCUT2D eigenvalue weighted by molar-refractivity contribution is 7.12. The Morgan fingerprint density at radius 1 is 1.14 bits per heavy atom. The first kappa shape index (κ1) is 18.6. The molecule has 0 unspecified atom stereocenters. The predicted octanol–water partition coefficient (Wildman–Crippen LogP) is 3.12. The highest BCUT2D eigenvalue weighted by Crippen LogP contribution is 2.22. The number of ether oxygens (including phenoxy) is 3. The molecule has 0 saturated heterocycles. The first-order valence-electron chi connectivity index (χ1n) is 7.59. The van der Waals surface area contributed by atoms with Gasteiger partial charge < -0.3 is 19.5 Å². The van der Waals surface area contributed by atoms with Crippen molar-refractivity contribution in [1.29, 1.82) is 0 Å². The summed E-state index contributed by atoms with van der Waals surface area (Å²) in [6.07, 6.45) is 0.925. The van der Waals surface area contributed by atoms with E-state index in [1.165, 1.54) is 15.3 Å². The third-order valence-electron chi connectivity index (χ3n) is 3.02. The fourth-order valence-corrected chi connectivity index (χ4v) is 2.81. The van der Waals surface area contributed by atoms with Gasteiger partial charge in [-0.05, 0) is 25.0 Å². The minimum Gasteiger partial charge on any atom is -0.382 e. The van der Waals surface area contributed by atoms with Crippen molar-refractivity contribution in [3.8, 4) is 0 Å². The molecule has 0 saturated carbocycles. The van der Waals surface area contributed by atoms with Gasteiger partial charge in [-0.2, -0.15) is 0 Å². The number of hydrogen-bond acceptors (Lipinski definition) is 5. The van der Waals surface area contributed by atoms with Crippen LogP contribution >= 0.6 is 11.3 Å². The summed E-state index contributed by atoms with van der Waals surface area (Å²) < 4.78 is 16.0. The van der Waals surface area contributed by atoms with Crippen LogP contribution in [0.5, 0.6) is 0 Å². The van der Waals surface area contributed by atoms with Crippen LogP contribution in [0.4, 0.5) is 0 Å². The molecule has 0 spiro atoms. The molecule has 0 bridgehead atoms. The second-order valence-corrected chi connectivity index (χ2v) is 6.68. The number of hydrogen-bond donors (Lipinski definition) is 1. The normalized spacial score (nSPS) is 11.5. The minimum atomic E-state index is 0.519. The Kier molecular flexibility index (Phi) is 9.87. The highest BCUT2D eigenvalue weighted by Gasteiger charge is 2.06. The van der Waals surface area contributed by atoms with Gasteiger partial charge in [-0.1, -0.05) is 13.8 Å². The third-order valence-corrected chi connectivity index (χ3v) is 4.12. The first-order chi connectivity index (χ1) is 10.1. The Hall–Kier alpha value is -0.460. The lowest BCUT2D eigenvalue weighted by Gasteiger charge is -2.05. The van der Waals surface area contributed by atoms with Gasteiger partial charge >= 0.3 is 0 Å². The van der Waals surface area contributed by atoms with E-state index in [4.69, 9.17) is 14.2 Å². The van der Waals surface area contributed by atoms with Crippen LogP contribution in [0.15, 0.2) is 6.07 Å². The molecule has 0 atom stereocenters. The summed E-state index contributed by atoms with van der Waals surface area (Å²) in [7, 11) is 1.68. The van der Waals surface area contributed by atoms with Gasteiger partial charge in [0.25, 0.3) is 0 Å². The molecule has 5 heteroatoms. The third kappa shape index (κ3) is 8.53. The van der Waals surface area contributed by atoms with Crippen LogP contribution in [0, 0.1) is 6.92 Å². The van der Waals surface area contributed by atoms with Crippen molar-refractivity contribution in [3.63, 3.8) is 0 Å². The summed E-state index contributed by atoms with van der Waals surface area (Å²) in [6.45, 7) is 10.9. The minimum absolute atomic E-state index is 0.519. The van der Waals surface area contributed by atoms with Crippen molar-refractivity contribution in [2.24, 2.45) is 0 Å². The zero-order valence-electron chi connectivity index (χ0n) is 13.7. The van der Waals surface area contributed by atoms with Crippen LogP contribution in [-0.2, 0) is 27.4 Å². The van der Waals surface area contributed by atoms with E-state index in [1.807, 2.05) is 11.3 Å². The zero-order chi connectivity index (χ0) is 15.5. The molecule has 0 radical (unpaired) electrons. The molecular formula is C16H29NO3S. The lowest BCUT2D eigenvalue weighted by molar-refractivity contribution is 0.0483. The van der Waals surface area contributed by atoms with Crippen molar-refractivity contribution in [2.75, 3.05) is 33.5 Å². The van der Waals surface area contributed by atoms with E-state index < -0.39 is 0 Å². The van der Waals surface area contributed by atoms with Gasteiger partial charge in [0.05, 0.1) is 19.8 Å². The average Bonchev–Trinajstić information content (AvgIpc) is 2.80.